The van der Waals surface area contributed by atoms with Gasteiger partial charge >= 0.3 is 12.4 Å². The van der Waals surface area contributed by atoms with Gasteiger partial charge in [0.15, 0.2) is 5.69 Å². The second-order valence-electron chi connectivity index (χ2n) is 6.12. The Labute approximate surface area is 169 Å². The molecular weight excluding hydrogens is 433 g/mol. The van der Waals surface area contributed by atoms with Crippen molar-refractivity contribution in [1.29, 1.82) is 5.26 Å². The maximum Gasteiger partial charge on any atom is 0.434 e. The third-order valence-electron chi connectivity index (χ3n) is 4.04. The number of hydrogen-bond donors (Lipinski definition) is 1. The summed E-state index contributed by atoms with van der Waals surface area (Å²) < 4.78 is 93.8. The molecule has 1 amide bonds. The number of amides is 1. The molecule has 0 spiro atoms. The van der Waals surface area contributed by atoms with Crippen LogP contribution in [-0.2, 0) is 12.4 Å². The third kappa shape index (κ3) is 4.50. The van der Waals surface area contributed by atoms with Crippen LogP contribution in [0.1, 0.15) is 27.2 Å². The van der Waals surface area contributed by atoms with Gasteiger partial charge in [-0.2, -0.15) is 36.7 Å². The summed E-state index contributed by atoms with van der Waals surface area (Å²) in [6, 6.07) is 7.52. The van der Waals surface area contributed by atoms with Crippen molar-refractivity contribution in [2.24, 2.45) is 0 Å². The standard InChI is InChI=1S/C19H9F7N4O/c20-11-2-1-3-13(6-11)30-16(19(24,25)26)14(9-28-30)17(31)29-12-5-4-10(8-27)15(7-12)18(21,22)23/h1-7,9H,(H,29,31). The summed E-state index contributed by atoms with van der Waals surface area (Å²) in [4.78, 5) is 12.4. The summed E-state index contributed by atoms with van der Waals surface area (Å²) in [5.74, 6) is -2.24. The molecule has 0 aliphatic carbocycles. The summed E-state index contributed by atoms with van der Waals surface area (Å²) in [6.45, 7) is 0. The molecule has 0 atom stereocenters. The van der Waals surface area contributed by atoms with Crippen LogP contribution in [-0.4, -0.2) is 15.7 Å². The molecule has 0 saturated heterocycles. The van der Waals surface area contributed by atoms with Gasteiger partial charge in [-0.3, -0.25) is 4.79 Å². The van der Waals surface area contributed by atoms with E-state index >= 15 is 0 Å². The van der Waals surface area contributed by atoms with E-state index < -0.39 is 52.1 Å². The Morgan fingerprint density at radius 1 is 1.03 bits per heavy atom. The molecule has 31 heavy (non-hydrogen) atoms. The Morgan fingerprint density at radius 2 is 1.74 bits per heavy atom. The summed E-state index contributed by atoms with van der Waals surface area (Å²) in [5.41, 5.74) is -5.42. The molecule has 0 aliphatic rings. The predicted octanol–water partition coefficient (Wildman–Crippen LogP) is 5.17. The molecule has 0 radical (unpaired) electrons. The van der Waals surface area contributed by atoms with E-state index in [9.17, 15) is 35.5 Å². The smallest absolute Gasteiger partial charge is 0.322 e. The Hall–Kier alpha value is -3.88. The molecule has 2 aromatic carbocycles. The van der Waals surface area contributed by atoms with Crippen molar-refractivity contribution in [1.82, 2.24) is 9.78 Å². The SMILES string of the molecule is N#Cc1ccc(NC(=O)c2cnn(-c3cccc(F)c3)c2C(F)(F)F)cc1C(F)(F)F. The Balaban J connectivity index is 2.03. The maximum atomic E-state index is 13.6. The molecule has 12 heteroatoms. The van der Waals surface area contributed by atoms with E-state index in [4.69, 9.17) is 5.26 Å². The van der Waals surface area contributed by atoms with Gasteiger partial charge < -0.3 is 5.32 Å². The lowest BCUT2D eigenvalue weighted by Gasteiger charge is -2.14. The first-order valence-electron chi connectivity index (χ1n) is 8.25. The quantitative estimate of drug-likeness (QED) is 0.569. The van der Waals surface area contributed by atoms with Gasteiger partial charge in [-0.15, -0.1) is 0 Å². The van der Waals surface area contributed by atoms with Crippen LogP contribution in [0.15, 0.2) is 48.7 Å². The van der Waals surface area contributed by atoms with E-state index in [1.165, 1.54) is 6.07 Å². The van der Waals surface area contributed by atoms with Crippen molar-refractivity contribution in [2.75, 3.05) is 5.32 Å². The average molecular weight is 442 g/mol. The maximum absolute atomic E-state index is 13.6. The van der Waals surface area contributed by atoms with Gasteiger partial charge in [0.25, 0.3) is 5.91 Å². The fraction of sp³-hybridized carbons (Fsp3) is 0.105. The van der Waals surface area contributed by atoms with E-state index in [1.807, 2.05) is 5.32 Å². The highest BCUT2D eigenvalue weighted by atomic mass is 19.4. The number of benzene rings is 2. The molecule has 1 heterocycles. The van der Waals surface area contributed by atoms with Crippen molar-refractivity contribution >= 4 is 11.6 Å². The lowest BCUT2D eigenvalue weighted by molar-refractivity contribution is -0.143. The van der Waals surface area contributed by atoms with E-state index in [-0.39, 0.29) is 5.69 Å². The van der Waals surface area contributed by atoms with Crippen molar-refractivity contribution in [3.05, 3.63) is 76.9 Å². The zero-order valence-corrected chi connectivity index (χ0v) is 15.0. The fourth-order valence-corrected chi connectivity index (χ4v) is 2.74. The largest absolute Gasteiger partial charge is 0.434 e. The lowest BCUT2D eigenvalue weighted by Crippen LogP contribution is -2.21. The van der Waals surface area contributed by atoms with Crippen molar-refractivity contribution in [2.45, 2.75) is 12.4 Å². The minimum absolute atomic E-state index is 0.303. The number of rotatable bonds is 3. The number of halogens is 7. The lowest BCUT2D eigenvalue weighted by atomic mass is 10.1. The molecule has 1 N–H and O–H groups in total. The third-order valence-corrected chi connectivity index (χ3v) is 4.04. The predicted molar refractivity (Wildman–Crippen MR) is 92.6 cm³/mol. The Morgan fingerprint density at radius 3 is 2.32 bits per heavy atom. The molecule has 0 fully saturated rings. The number of nitrogens with zero attached hydrogens (tertiary/aromatic N) is 3. The molecule has 1 aromatic heterocycles. The monoisotopic (exact) mass is 442 g/mol. The molecule has 3 aromatic rings. The Bertz CT molecular complexity index is 1190. The molecule has 160 valence electrons. The normalized spacial score (nSPS) is 11.8. The average Bonchev–Trinajstić information content (AvgIpc) is 3.13. The highest BCUT2D eigenvalue weighted by Gasteiger charge is 2.41. The first-order valence-corrected chi connectivity index (χ1v) is 8.25. The number of alkyl halides is 6. The Kier molecular flexibility index (Phi) is 5.45. The second kappa shape index (κ2) is 7.75. The van der Waals surface area contributed by atoms with Crippen molar-refractivity contribution in [3.63, 3.8) is 0 Å². The number of carbonyl (C=O) groups is 1. The topological polar surface area (TPSA) is 70.7 Å². The van der Waals surface area contributed by atoms with Gasteiger partial charge in [0.2, 0.25) is 0 Å². The molecule has 5 nitrogen and oxygen atoms in total. The van der Waals surface area contributed by atoms with Crippen LogP contribution in [0.5, 0.6) is 0 Å². The van der Waals surface area contributed by atoms with Gasteiger partial charge in [0, 0.05) is 5.69 Å². The minimum atomic E-state index is -5.10. The summed E-state index contributed by atoms with van der Waals surface area (Å²) >= 11 is 0. The van der Waals surface area contributed by atoms with Crippen LogP contribution >= 0.6 is 0 Å². The van der Waals surface area contributed by atoms with E-state index in [1.54, 1.807) is 0 Å². The highest BCUT2D eigenvalue weighted by molar-refractivity contribution is 6.05. The van der Waals surface area contributed by atoms with Gasteiger partial charge in [0.05, 0.1) is 34.6 Å². The molecular formula is C19H9F7N4O. The van der Waals surface area contributed by atoms with Gasteiger partial charge in [-0.1, -0.05) is 6.07 Å². The van der Waals surface area contributed by atoms with Crippen LogP contribution in [0.25, 0.3) is 5.69 Å². The first-order chi connectivity index (χ1) is 14.4. The number of aromatic nitrogens is 2. The first kappa shape index (κ1) is 21.8. The van der Waals surface area contributed by atoms with Crippen LogP contribution in [0, 0.1) is 17.1 Å². The van der Waals surface area contributed by atoms with Crippen molar-refractivity contribution < 1.29 is 35.5 Å². The zero-order valence-electron chi connectivity index (χ0n) is 15.0. The molecule has 0 unspecified atom stereocenters. The summed E-state index contributed by atoms with van der Waals surface area (Å²) in [7, 11) is 0. The van der Waals surface area contributed by atoms with Crippen LogP contribution in [0.2, 0.25) is 0 Å². The van der Waals surface area contributed by atoms with E-state index in [0.29, 0.717) is 16.9 Å². The number of nitrogens with one attached hydrogen (secondary N) is 1. The zero-order chi connectivity index (χ0) is 23.0. The minimum Gasteiger partial charge on any atom is -0.322 e. The van der Waals surface area contributed by atoms with E-state index in [0.717, 1.165) is 36.4 Å². The van der Waals surface area contributed by atoms with Crippen LogP contribution in [0.4, 0.5) is 36.4 Å². The van der Waals surface area contributed by atoms with Crippen molar-refractivity contribution in [3.8, 4) is 11.8 Å². The fourth-order valence-electron chi connectivity index (χ4n) is 2.74. The second-order valence-corrected chi connectivity index (χ2v) is 6.12. The molecule has 3 rings (SSSR count). The van der Waals surface area contributed by atoms with Gasteiger partial charge in [-0.05, 0) is 36.4 Å². The van der Waals surface area contributed by atoms with Crippen LogP contribution in [0.3, 0.4) is 0 Å². The number of carbonyl (C=O) groups excluding carboxylic acids is 1. The number of anilines is 1. The highest BCUT2D eigenvalue weighted by Crippen LogP contribution is 2.35. The molecule has 0 aliphatic heterocycles. The van der Waals surface area contributed by atoms with Gasteiger partial charge in [0.1, 0.15) is 5.82 Å². The summed E-state index contributed by atoms with van der Waals surface area (Å²) in [5, 5.41) is 14.2. The van der Waals surface area contributed by atoms with Crippen LogP contribution < -0.4 is 5.32 Å². The van der Waals surface area contributed by atoms with Gasteiger partial charge in [-0.25, -0.2) is 9.07 Å². The van der Waals surface area contributed by atoms with E-state index in [2.05, 4.69) is 5.10 Å². The molecule has 0 saturated carbocycles. The molecule has 0 bridgehead atoms. The number of nitriles is 1. The number of hydrogen-bond acceptors (Lipinski definition) is 3. The summed E-state index contributed by atoms with van der Waals surface area (Å²) in [6.07, 6.45) is -9.46.